The Labute approximate surface area is 110 Å². The van der Waals surface area contributed by atoms with Crippen molar-refractivity contribution in [2.45, 2.75) is 36.5 Å². The summed E-state index contributed by atoms with van der Waals surface area (Å²) in [6.07, 6.45) is 3.72. The summed E-state index contributed by atoms with van der Waals surface area (Å²) in [6.45, 7) is 0.302. The van der Waals surface area contributed by atoms with E-state index in [1.54, 1.807) is 11.8 Å². The summed E-state index contributed by atoms with van der Waals surface area (Å²) in [4.78, 5) is 5.47. The molecule has 1 aliphatic carbocycles. The van der Waals surface area contributed by atoms with Gasteiger partial charge in [0.1, 0.15) is 0 Å². The smallest absolute Gasteiger partial charge is 0.240 e. The van der Waals surface area contributed by atoms with Crippen molar-refractivity contribution in [2.24, 2.45) is 5.73 Å². The standard InChI is InChI=1S/C13H15N3OS/c14-7-13-15-12(16-17-13)8-18-11-5-4-9-2-1-3-10(9)6-11/h4-6H,1-3,7-8,14H2. The lowest BCUT2D eigenvalue weighted by molar-refractivity contribution is 0.376. The third-order valence-corrected chi connectivity index (χ3v) is 4.11. The van der Waals surface area contributed by atoms with E-state index in [2.05, 4.69) is 28.3 Å². The molecule has 0 spiro atoms. The predicted molar refractivity (Wildman–Crippen MR) is 70.2 cm³/mol. The van der Waals surface area contributed by atoms with Gasteiger partial charge in [0.2, 0.25) is 5.89 Å². The van der Waals surface area contributed by atoms with Crippen LogP contribution in [0, 0.1) is 0 Å². The van der Waals surface area contributed by atoms with E-state index in [0.29, 0.717) is 18.3 Å². The first-order valence-electron chi connectivity index (χ1n) is 6.11. The summed E-state index contributed by atoms with van der Waals surface area (Å²) in [5, 5.41) is 3.89. The van der Waals surface area contributed by atoms with Crippen LogP contribution in [0.5, 0.6) is 0 Å². The second kappa shape index (κ2) is 5.12. The highest BCUT2D eigenvalue weighted by molar-refractivity contribution is 7.98. The zero-order valence-corrected chi connectivity index (χ0v) is 10.9. The summed E-state index contributed by atoms with van der Waals surface area (Å²) in [5.41, 5.74) is 8.43. The molecule has 5 heteroatoms. The molecule has 0 atom stereocenters. The molecular formula is C13H15N3OS. The molecule has 2 aromatic rings. The lowest BCUT2D eigenvalue weighted by Crippen LogP contribution is -1.96. The molecule has 1 aliphatic rings. The average molecular weight is 261 g/mol. The van der Waals surface area contributed by atoms with E-state index >= 15 is 0 Å². The Hall–Kier alpha value is -1.33. The Morgan fingerprint density at radius 1 is 1.28 bits per heavy atom. The van der Waals surface area contributed by atoms with Crippen LogP contribution in [0.1, 0.15) is 29.3 Å². The second-order valence-corrected chi connectivity index (χ2v) is 5.43. The van der Waals surface area contributed by atoms with Crippen molar-refractivity contribution in [3.05, 3.63) is 41.0 Å². The van der Waals surface area contributed by atoms with Gasteiger partial charge in [-0.3, -0.25) is 0 Å². The van der Waals surface area contributed by atoms with Crippen molar-refractivity contribution >= 4 is 11.8 Å². The van der Waals surface area contributed by atoms with E-state index in [4.69, 9.17) is 10.3 Å². The van der Waals surface area contributed by atoms with Gasteiger partial charge in [0.25, 0.3) is 0 Å². The molecule has 0 unspecified atom stereocenters. The van der Waals surface area contributed by atoms with Crippen LogP contribution in [0.3, 0.4) is 0 Å². The van der Waals surface area contributed by atoms with E-state index < -0.39 is 0 Å². The van der Waals surface area contributed by atoms with Gasteiger partial charge in [0, 0.05) is 4.90 Å². The molecule has 0 radical (unpaired) electrons. The minimum atomic E-state index is 0.302. The normalized spacial score (nSPS) is 13.8. The van der Waals surface area contributed by atoms with Crippen molar-refractivity contribution in [3.63, 3.8) is 0 Å². The maximum atomic E-state index is 5.43. The number of benzene rings is 1. The number of fused-ring (bicyclic) bond motifs is 1. The minimum absolute atomic E-state index is 0.302. The van der Waals surface area contributed by atoms with E-state index in [9.17, 15) is 0 Å². The molecule has 0 saturated carbocycles. The van der Waals surface area contributed by atoms with Gasteiger partial charge >= 0.3 is 0 Å². The van der Waals surface area contributed by atoms with Gasteiger partial charge < -0.3 is 10.3 Å². The van der Waals surface area contributed by atoms with Gasteiger partial charge in [-0.25, -0.2) is 0 Å². The van der Waals surface area contributed by atoms with Crippen molar-refractivity contribution in [2.75, 3.05) is 0 Å². The van der Waals surface area contributed by atoms with Crippen LogP contribution < -0.4 is 5.73 Å². The second-order valence-electron chi connectivity index (χ2n) is 4.38. The predicted octanol–water partition coefficient (Wildman–Crippen LogP) is 2.31. The van der Waals surface area contributed by atoms with Crippen LogP contribution in [0.4, 0.5) is 0 Å². The fraction of sp³-hybridized carbons (Fsp3) is 0.385. The highest BCUT2D eigenvalue weighted by atomic mass is 32.2. The molecule has 94 valence electrons. The molecule has 2 N–H and O–H groups in total. The summed E-state index contributed by atoms with van der Waals surface area (Å²) in [6, 6.07) is 6.71. The van der Waals surface area contributed by atoms with Gasteiger partial charge in [0.15, 0.2) is 5.82 Å². The first kappa shape index (κ1) is 11.7. The molecule has 3 rings (SSSR count). The number of nitrogens with zero attached hydrogens (tertiary/aromatic N) is 2. The zero-order valence-electron chi connectivity index (χ0n) is 10.1. The van der Waals surface area contributed by atoms with Gasteiger partial charge in [-0.05, 0) is 42.5 Å². The van der Waals surface area contributed by atoms with Crippen LogP contribution in [-0.2, 0) is 25.1 Å². The quantitative estimate of drug-likeness (QED) is 0.856. The topological polar surface area (TPSA) is 64.9 Å². The minimum Gasteiger partial charge on any atom is -0.338 e. The molecule has 1 aromatic carbocycles. The van der Waals surface area contributed by atoms with Crippen LogP contribution in [-0.4, -0.2) is 10.1 Å². The zero-order chi connectivity index (χ0) is 12.4. The summed E-state index contributed by atoms with van der Waals surface area (Å²) >= 11 is 1.74. The number of aromatic nitrogens is 2. The number of hydrogen-bond donors (Lipinski definition) is 1. The van der Waals surface area contributed by atoms with Gasteiger partial charge in [-0.2, -0.15) is 4.98 Å². The summed E-state index contributed by atoms with van der Waals surface area (Å²) in [5.74, 6) is 1.93. The van der Waals surface area contributed by atoms with E-state index in [-0.39, 0.29) is 0 Å². The molecule has 0 fully saturated rings. The number of rotatable bonds is 4. The third kappa shape index (κ3) is 2.42. The van der Waals surface area contributed by atoms with E-state index in [1.807, 2.05) is 0 Å². The Morgan fingerprint density at radius 3 is 3.00 bits per heavy atom. The third-order valence-electron chi connectivity index (χ3n) is 3.12. The lowest BCUT2D eigenvalue weighted by Gasteiger charge is -2.02. The van der Waals surface area contributed by atoms with Crippen LogP contribution >= 0.6 is 11.8 Å². The van der Waals surface area contributed by atoms with Crippen LogP contribution in [0.2, 0.25) is 0 Å². The highest BCUT2D eigenvalue weighted by Gasteiger charge is 2.11. The summed E-state index contributed by atoms with van der Waals surface area (Å²) in [7, 11) is 0. The maximum Gasteiger partial charge on any atom is 0.240 e. The molecule has 1 aromatic heterocycles. The molecule has 0 bridgehead atoms. The average Bonchev–Trinajstić information content (AvgIpc) is 3.04. The number of thioether (sulfide) groups is 1. The van der Waals surface area contributed by atoms with Gasteiger partial charge in [-0.1, -0.05) is 11.2 Å². The Morgan fingerprint density at radius 2 is 2.17 bits per heavy atom. The first-order chi connectivity index (χ1) is 8.85. The SMILES string of the molecule is NCc1nc(CSc2ccc3c(c2)CCC3)no1. The Balaban J connectivity index is 1.66. The fourth-order valence-electron chi connectivity index (χ4n) is 2.22. The van der Waals surface area contributed by atoms with E-state index in [1.165, 1.54) is 35.3 Å². The lowest BCUT2D eigenvalue weighted by atomic mass is 10.1. The van der Waals surface area contributed by atoms with Gasteiger partial charge in [0.05, 0.1) is 12.3 Å². The van der Waals surface area contributed by atoms with Crippen LogP contribution in [0.15, 0.2) is 27.6 Å². The van der Waals surface area contributed by atoms with Crippen molar-refractivity contribution in [1.82, 2.24) is 10.1 Å². The Kier molecular flexibility index (Phi) is 3.34. The number of nitrogens with two attached hydrogens (primary N) is 1. The molecule has 0 aliphatic heterocycles. The van der Waals surface area contributed by atoms with Crippen LogP contribution in [0.25, 0.3) is 0 Å². The van der Waals surface area contributed by atoms with Gasteiger partial charge in [-0.15, -0.1) is 11.8 Å². The first-order valence-corrected chi connectivity index (χ1v) is 7.10. The molecule has 0 amide bonds. The largest absolute Gasteiger partial charge is 0.338 e. The van der Waals surface area contributed by atoms with Crippen molar-refractivity contribution in [1.29, 1.82) is 0 Å². The highest BCUT2D eigenvalue weighted by Crippen LogP contribution is 2.28. The number of hydrogen-bond acceptors (Lipinski definition) is 5. The van der Waals surface area contributed by atoms with Crippen molar-refractivity contribution < 1.29 is 4.52 Å². The Bertz CT molecular complexity index is 553. The molecule has 1 heterocycles. The van der Waals surface area contributed by atoms with E-state index in [0.717, 1.165) is 5.75 Å². The maximum absolute atomic E-state index is 5.43. The van der Waals surface area contributed by atoms with Crippen molar-refractivity contribution in [3.8, 4) is 0 Å². The molecular weight excluding hydrogens is 246 g/mol. The number of aryl methyl sites for hydroxylation is 2. The molecule has 18 heavy (non-hydrogen) atoms. The molecule has 4 nitrogen and oxygen atoms in total. The monoisotopic (exact) mass is 261 g/mol. The molecule has 0 saturated heterocycles. The summed E-state index contributed by atoms with van der Waals surface area (Å²) < 4.78 is 4.98. The fourth-order valence-corrected chi connectivity index (χ4v) is 3.02.